The van der Waals surface area contributed by atoms with E-state index >= 15 is 0 Å². The van der Waals surface area contributed by atoms with Crippen LogP contribution < -0.4 is 5.56 Å². The quantitative estimate of drug-likeness (QED) is 0.730. The van der Waals surface area contributed by atoms with Crippen molar-refractivity contribution in [2.24, 2.45) is 0 Å². The van der Waals surface area contributed by atoms with Gasteiger partial charge in [-0.1, -0.05) is 34.1 Å². The smallest absolute Gasteiger partial charge is 0.338 e. The SMILES string of the molecule is O=C(OCc1nc2ccccc2c(=O)[nH]1)c1cccc(Br)c1. The monoisotopic (exact) mass is 358 g/mol. The van der Waals surface area contributed by atoms with Gasteiger partial charge in [0, 0.05) is 4.47 Å². The van der Waals surface area contributed by atoms with Gasteiger partial charge in [0.25, 0.3) is 5.56 Å². The second kappa shape index (κ2) is 6.11. The van der Waals surface area contributed by atoms with E-state index in [2.05, 4.69) is 25.9 Å². The Bertz CT molecular complexity index is 905. The number of nitrogens with zero attached hydrogens (tertiary/aromatic N) is 1. The first kappa shape index (κ1) is 14.5. The molecule has 0 spiro atoms. The molecule has 1 heterocycles. The first-order valence-corrected chi connectivity index (χ1v) is 7.33. The maximum absolute atomic E-state index is 12.0. The summed E-state index contributed by atoms with van der Waals surface area (Å²) in [7, 11) is 0. The van der Waals surface area contributed by atoms with Crippen molar-refractivity contribution in [3.8, 4) is 0 Å². The molecule has 1 N–H and O–H groups in total. The molecular formula is C16H11BrN2O3. The van der Waals surface area contributed by atoms with E-state index in [4.69, 9.17) is 4.74 Å². The Balaban J connectivity index is 1.79. The Labute approximate surface area is 134 Å². The summed E-state index contributed by atoms with van der Waals surface area (Å²) in [5, 5.41) is 0.504. The van der Waals surface area contributed by atoms with Gasteiger partial charge in [0.05, 0.1) is 16.5 Å². The molecule has 0 aliphatic heterocycles. The van der Waals surface area contributed by atoms with Crippen LogP contribution in [0.2, 0.25) is 0 Å². The molecule has 22 heavy (non-hydrogen) atoms. The van der Waals surface area contributed by atoms with E-state index in [1.807, 2.05) is 6.07 Å². The van der Waals surface area contributed by atoms with Gasteiger partial charge in [0.15, 0.2) is 0 Å². The fraction of sp³-hybridized carbons (Fsp3) is 0.0625. The molecule has 0 fully saturated rings. The molecule has 3 aromatic rings. The number of H-pyrrole nitrogens is 1. The first-order valence-electron chi connectivity index (χ1n) is 6.54. The molecule has 6 heteroatoms. The molecule has 0 aliphatic carbocycles. The number of para-hydroxylation sites is 1. The molecule has 0 atom stereocenters. The third-order valence-corrected chi connectivity index (χ3v) is 3.56. The van der Waals surface area contributed by atoms with Crippen LogP contribution in [0.15, 0.2) is 57.8 Å². The van der Waals surface area contributed by atoms with E-state index in [1.54, 1.807) is 42.5 Å². The van der Waals surface area contributed by atoms with Crippen molar-refractivity contribution in [1.82, 2.24) is 9.97 Å². The third-order valence-electron chi connectivity index (χ3n) is 3.06. The van der Waals surface area contributed by atoms with Crippen LogP contribution in [0, 0.1) is 0 Å². The molecule has 3 rings (SSSR count). The van der Waals surface area contributed by atoms with E-state index in [1.165, 1.54) is 0 Å². The summed E-state index contributed by atoms with van der Waals surface area (Å²) in [6.45, 7) is -0.0918. The second-order valence-electron chi connectivity index (χ2n) is 4.62. The van der Waals surface area contributed by atoms with Gasteiger partial charge in [-0.05, 0) is 30.3 Å². The first-order chi connectivity index (χ1) is 10.6. The van der Waals surface area contributed by atoms with Crippen LogP contribution in [0.4, 0.5) is 0 Å². The lowest BCUT2D eigenvalue weighted by atomic mass is 10.2. The number of rotatable bonds is 3. The number of benzene rings is 2. The molecule has 0 unspecified atom stereocenters. The van der Waals surface area contributed by atoms with Crippen molar-refractivity contribution in [2.45, 2.75) is 6.61 Å². The molecule has 0 saturated carbocycles. The summed E-state index contributed by atoms with van der Waals surface area (Å²) >= 11 is 3.30. The van der Waals surface area contributed by atoms with E-state index in [0.717, 1.165) is 4.47 Å². The number of aromatic amines is 1. The highest BCUT2D eigenvalue weighted by molar-refractivity contribution is 9.10. The molecule has 0 aliphatic rings. The summed E-state index contributed by atoms with van der Waals surface area (Å²) in [6.07, 6.45) is 0. The van der Waals surface area contributed by atoms with E-state index in [0.29, 0.717) is 22.3 Å². The molecular weight excluding hydrogens is 348 g/mol. The topological polar surface area (TPSA) is 72.0 Å². The standard InChI is InChI=1S/C16H11BrN2O3/c17-11-5-3-4-10(8-11)16(21)22-9-14-18-13-7-2-1-6-12(13)15(20)19-14/h1-8H,9H2,(H,18,19,20). The van der Waals surface area contributed by atoms with Crippen LogP contribution in [0.1, 0.15) is 16.2 Å². The number of hydrogen-bond acceptors (Lipinski definition) is 4. The lowest BCUT2D eigenvalue weighted by molar-refractivity contribution is 0.0462. The van der Waals surface area contributed by atoms with Gasteiger partial charge < -0.3 is 9.72 Å². The number of ether oxygens (including phenoxy) is 1. The molecule has 0 saturated heterocycles. The number of carbonyl (C=O) groups is 1. The van der Waals surface area contributed by atoms with Crippen LogP contribution >= 0.6 is 15.9 Å². The normalized spacial score (nSPS) is 10.6. The summed E-state index contributed by atoms with van der Waals surface area (Å²) in [4.78, 5) is 30.8. The van der Waals surface area contributed by atoms with Crippen molar-refractivity contribution in [1.29, 1.82) is 0 Å². The Morgan fingerprint density at radius 2 is 2.00 bits per heavy atom. The number of hydrogen-bond donors (Lipinski definition) is 1. The number of esters is 1. The molecule has 0 bridgehead atoms. The fourth-order valence-corrected chi connectivity index (χ4v) is 2.44. The maximum Gasteiger partial charge on any atom is 0.338 e. The Morgan fingerprint density at radius 3 is 2.82 bits per heavy atom. The second-order valence-corrected chi connectivity index (χ2v) is 5.53. The highest BCUT2D eigenvalue weighted by atomic mass is 79.9. The lowest BCUT2D eigenvalue weighted by Crippen LogP contribution is -2.14. The molecule has 0 amide bonds. The minimum absolute atomic E-state index is 0.0918. The highest BCUT2D eigenvalue weighted by Crippen LogP contribution is 2.13. The van der Waals surface area contributed by atoms with Crippen LogP contribution in [-0.4, -0.2) is 15.9 Å². The summed E-state index contributed by atoms with van der Waals surface area (Å²) in [5.74, 6) is -0.163. The zero-order valence-electron chi connectivity index (χ0n) is 11.4. The predicted octanol–water partition coefficient (Wildman–Crippen LogP) is 3.04. The molecule has 110 valence electrons. The van der Waals surface area contributed by atoms with E-state index in [-0.39, 0.29) is 12.2 Å². The van der Waals surface area contributed by atoms with Gasteiger partial charge in [-0.2, -0.15) is 0 Å². The Morgan fingerprint density at radius 1 is 1.18 bits per heavy atom. The zero-order chi connectivity index (χ0) is 15.5. The lowest BCUT2D eigenvalue weighted by Gasteiger charge is -2.05. The molecule has 5 nitrogen and oxygen atoms in total. The number of nitrogens with one attached hydrogen (secondary N) is 1. The minimum Gasteiger partial charge on any atom is -0.454 e. The average molecular weight is 359 g/mol. The van der Waals surface area contributed by atoms with Crippen LogP contribution in [0.3, 0.4) is 0 Å². The summed E-state index contributed by atoms with van der Waals surface area (Å²) in [6, 6.07) is 13.9. The average Bonchev–Trinajstić information content (AvgIpc) is 2.53. The highest BCUT2D eigenvalue weighted by Gasteiger charge is 2.09. The van der Waals surface area contributed by atoms with Crippen molar-refractivity contribution >= 4 is 32.8 Å². The van der Waals surface area contributed by atoms with Gasteiger partial charge in [-0.25, -0.2) is 9.78 Å². The largest absolute Gasteiger partial charge is 0.454 e. The van der Waals surface area contributed by atoms with Gasteiger partial charge >= 0.3 is 5.97 Å². The Hall–Kier alpha value is -2.47. The number of carbonyl (C=O) groups excluding carboxylic acids is 1. The number of aromatic nitrogens is 2. The van der Waals surface area contributed by atoms with Gasteiger partial charge in [0.1, 0.15) is 12.4 Å². The molecule has 2 aromatic carbocycles. The van der Waals surface area contributed by atoms with Crippen LogP contribution in [0.25, 0.3) is 10.9 Å². The van der Waals surface area contributed by atoms with Gasteiger partial charge in [0.2, 0.25) is 0 Å². The third kappa shape index (κ3) is 3.07. The minimum atomic E-state index is -0.475. The zero-order valence-corrected chi connectivity index (χ0v) is 13.0. The van der Waals surface area contributed by atoms with Crippen molar-refractivity contribution in [3.05, 3.63) is 74.7 Å². The maximum atomic E-state index is 12.0. The van der Waals surface area contributed by atoms with Gasteiger partial charge in [-0.15, -0.1) is 0 Å². The predicted molar refractivity (Wildman–Crippen MR) is 85.6 cm³/mol. The number of fused-ring (bicyclic) bond motifs is 1. The van der Waals surface area contributed by atoms with Crippen molar-refractivity contribution in [3.63, 3.8) is 0 Å². The van der Waals surface area contributed by atoms with Crippen LogP contribution in [-0.2, 0) is 11.3 Å². The Kier molecular flexibility index (Phi) is 4.02. The van der Waals surface area contributed by atoms with Crippen molar-refractivity contribution < 1.29 is 9.53 Å². The van der Waals surface area contributed by atoms with E-state index < -0.39 is 5.97 Å². The van der Waals surface area contributed by atoms with E-state index in [9.17, 15) is 9.59 Å². The van der Waals surface area contributed by atoms with Gasteiger partial charge in [-0.3, -0.25) is 4.79 Å². The van der Waals surface area contributed by atoms with Crippen molar-refractivity contribution in [2.75, 3.05) is 0 Å². The summed E-state index contributed by atoms with van der Waals surface area (Å²) < 4.78 is 5.97. The fourth-order valence-electron chi connectivity index (χ4n) is 2.04. The molecule has 1 aromatic heterocycles. The summed E-state index contributed by atoms with van der Waals surface area (Å²) in [5.41, 5.74) is 0.747. The van der Waals surface area contributed by atoms with Crippen LogP contribution in [0.5, 0.6) is 0 Å². The molecule has 0 radical (unpaired) electrons. The number of halogens is 1.